The van der Waals surface area contributed by atoms with Crippen LogP contribution in [0.1, 0.15) is 37.3 Å². The molecule has 4 aromatic rings. The summed E-state index contributed by atoms with van der Waals surface area (Å²) >= 11 is 0. The fraction of sp³-hybridized carbons (Fsp3) is 0.269. The van der Waals surface area contributed by atoms with Crippen molar-refractivity contribution in [3.05, 3.63) is 84.3 Å². The van der Waals surface area contributed by atoms with Gasteiger partial charge in [0.1, 0.15) is 12.1 Å². The molecule has 0 spiro atoms. The van der Waals surface area contributed by atoms with Gasteiger partial charge in [0.05, 0.1) is 16.8 Å². The average molecular weight is 451 g/mol. The number of pyridine rings is 1. The van der Waals surface area contributed by atoms with Crippen molar-refractivity contribution in [3.63, 3.8) is 0 Å². The van der Waals surface area contributed by atoms with Crippen LogP contribution in [0.2, 0.25) is 0 Å². The Bertz CT molecular complexity index is 1220. The SMILES string of the molecule is CC(C)CC(CNc1ncnc2cc(-c3ncccc3C(F)(F)F)ccc12)c1ccccc1. The van der Waals surface area contributed by atoms with Crippen LogP contribution in [0.25, 0.3) is 22.2 Å². The van der Waals surface area contributed by atoms with Gasteiger partial charge in [-0.15, -0.1) is 0 Å². The monoisotopic (exact) mass is 450 g/mol. The molecule has 0 radical (unpaired) electrons. The molecule has 0 fully saturated rings. The normalized spacial score (nSPS) is 12.8. The molecule has 0 aliphatic carbocycles. The van der Waals surface area contributed by atoms with Crippen LogP contribution < -0.4 is 5.32 Å². The Labute approximate surface area is 190 Å². The lowest BCUT2D eigenvalue weighted by Gasteiger charge is -2.21. The molecule has 2 aromatic heterocycles. The first-order valence-corrected chi connectivity index (χ1v) is 10.9. The number of nitrogens with zero attached hydrogens (tertiary/aromatic N) is 3. The molecule has 0 bridgehead atoms. The number of aromatic nitrogens is 3. The Morgan fingerprint density at radius 2 is 1.70 bits per heavy atom. The summed E-state index contributed by atoms with van der Waals surface area (Å²) in [6, 6.07) is 17.7. The first-order chi connectivity index (χ1) is 15.8. The van der Waals surface area contributed by atoms with E-state index in [4.69, 9.17) is 0 Å². The van der Waals surface area contributed by atoms with Gasteiger partial charge >= 0.3 is 6.18 Å². The minimum atomic E-state index is -4.49. The average Bonchev–Trinajstić information content (AvgIpc) is 2.81. The minimum absolute atomic E-state index is 0.110. The molecule has 2 aromatic carbocycles. The van der Waals surface area contributed by atoms with Crippen molar-refractivity contribution in [2.75, 3.05) is 11.9 Å². The Morgan fingerprint density at radius 3 is 2.42 bits per heavy atom. The van der Waals surface area contributed by atoms with Crippen molar-refractivity contribution in [2.24, 2.45) is 5.92 Å². The van der Waals surface area contributed by atoms with E-state index >= 15 is 0 Å². The van der Waals surface area contributed by atoms with E-state index < -0.39 is 11.7 Å². The van der Waals surface area contributed by atoms with Gasteiger partial charge in [-0.2, -0.15) is 13.2 Å². The molecule has 7 heteroatoms. The third-order valence-corrected chi connectivity index (χ3v) is 5.57. The van der Waals surface area contributed by atoms with Crippen LogP contribution in [0.4, 0.5) is 19.0 Å². The van der Waals surface area contributed by atoms with Gasteiger partial charge in [0.2, 0.25) is 0 Å². The van der Waals surface area contributed by atoms with Crippen LogP contribution in [-0.4, -0.2) is 21.5 Å². The molecule has 1 unspecified atom stereocenters. The van der Waals surface area contributed by atoms with Crippen LogP contribution in [-0.2, 0) is 6.18 Å². The third kappa shape index (κ3) is 5.30. The van der Waals surface area contributed by atoms with Crippen LogP contribution in [0.15, 0.2) is 73.2 Å². The molecule has 0 saturated carbocycles. The van der Waals surface area contributed by atoms with Crippen LogP contribution >= 0.6 is 0 Å². The van der Waals surface area contributed by atoms with E-state index in [-0.39, 0.29) is 5.69 Å². The standard InChI is InChI=1S/C26H25F3N4/c1-17(2)13-20(18-7-4-3-5-8-18)15-31-25-21-11-10-19(14-23(21)32-16-33-25)24-22(26(27,28)29)9-6-12-30-24/h3-12,14,16-17,20H,13,15H2,1-2H3,(H,31,32,33). The topological polar surface area (TPSA) is 50.7 Å². The van der Waals surface area contributed by atoms with Gasteiger partial charge in [0.15, 0.2) is 0 Å². The summed E-state index contributed by atoms with van der Waals surface area (Å²) in [5.41, 5.74) is 1.30. The quantitative estimate of drug-likeness (QED) is 0.331. The molecule has 1 N–H and O–H groups in total. The summed E-state index contributed by atoms with van der Waals surface area (Å²) in [4.78, 5) is 12.7. The maximum atomic E-state index is 13.4. The summed E-state index contributed by atoms with van der Waals surface area (Å²) in [6.07, 6.45) is -0.679. The summed E-state index contributed by atoms with van der Waals surface area (Å²) in [5.74, 6) is 1.49. The van der Waals surface area contributed by atoms with Gasteiger partial charge in [-0.3, -0.25) is 4.98 Å². The Hall–Kier alpha value is -3.48. The van der Waals surface area contributed by atoms with Crippen molar-refractivity contribution in [3.8, 4) is 11.3 Å². The molecule has 0 saturated heterocycles. The van der Waals surface area contributed by atoms with Crippen LogP contribution in [0.3, 0.4) is 0 Å². The highest BCUT2D eigenvalue weighted by Crippen LogP contribution is 2.36. The van der Waals surface area contributed by atoms with Crippen molar-refractivity contribution in [2.45, 2.75) is 32.4 Å². The minimum Gasteiger partial charge on any atom is -0.369 e. The first kappa shape index (κ1) is 22.7. The van der Waals surface area contributed by atoms with Gasteiger partial charge in [0.25, 0.3) is 0 Å². The lowest BCUT2D eigenvalue weighted by molar-refractivity contribution is -0.137. The summed E-state index contributed by atoms with van der Waals surface area (Å²) in [7, 11) is 0. The van der Waals surface area contributed by atoms with Gasteiger partial charge in [-0.25, -0.2) is 9.97 Å². The molecule has 4 rings (SSSR count). The van der Waals surface area contributed by atoms with Gasteiger partial charge in [-0.05, 0) is 42.2 Å². The summed E-state index contributed by atoms with van der Waals surface area (Å²) < 4.78 is 40.3. The van der Waals surface area contributed by atoms with Crippen molar-refractivity contribution < 1.29 is 13.2 Å². The van der Waals surface area contributed by atoms with Gasteiger partial charge in [-0.1, -0.05) is 50.2 Å². The Balaban J connectivity index is 1.63. The van der Waals surface area contributed by atoms with Gasteiger partial charge in [0, 0.05) is 29.6 Å². The third-order valence-electron chi connectivity index (χ3n) is 5.57. The number of hydrogen-bond acceptors (Lipinski definition) is 4. The fourth-order valence-electron chi connectivity index (χ4n) is 4.06. The van der Waals surface area contributed by atoms with Crippen LogP contribution in [0, 0.1) is 5.92 Å². The van der Waals surface area contributed by atoms with Crippen molar-refractivity contribution in [1.82, 2.24) is 15.0 Å². The second-order valence-corrected chi connectivity index (χ2v) is 8.47. The number of nitrogens with one attached hydrogen (secondary N) is 1. The Morgan fingerprint density at radius 1 is 0.909 bits per heavy atom. The zero-order valence-corrected chi connectivity index (χ0v) is 18.5. The van der Waals surface area contributed by atoms with E-state index in [9.17, 15) is 13.2 Å². The maximum absolute atomic E-state index is 13.4. The molecular formula is C26H25F3N4. The lowest BCUT2D eigenvalue weighted by Crippen LogP contribution is -2.15. The molecule has 0 amide bonds. The number of hydrogen-bond donors (Lipinski definition) is 1. The first-order valence-electron chi connectivity index (χ1n) is 10.9. The predicted octanol–water partition coefficient (Wildman–Crippen LogP) is 6.95. The molecule has 0 aliphatic rings. The number of halogens is 3. The molecular weight excluding hydrogens is 425 g/mol. The molecule has 4 nitrogen and oxygen atoms in total. The maximum Gasteiger partial charge on any atom is 0.418 e. The van der Waals surface area contributed by atoms with Crippen molar-refractivity contribution in [1.29, 1.82) is 0 Å². The fourth-order valence-corrected chi connectivity index (χ4v) is 4.06. The highest BCUT2D eigenvalue weighted by molar-refractivity contribution is 5.91. The smallest absolute Gasteiger partial charge is 0.369 e. The number of benzene rings is 2. The molecule has 1 atom stereocenters. The number of alkyl halides is 3. The van der Waals surface area contributed by atoms with Crippen LogP contribution in [0.5, 0.6) is 0 Å². The predicted molar refractivity (Wildman–Crippen MR) is 125 cm³/mol. The summed E-state index contributed by atoms with van der Waals surface area (Å²) in [5, 5.41) is 4.19. The molecule has 33 heavy (non-hydrogen) atoms. The van der Waals surface area contributed by atoms with Gasteiger partial charge < -0.3 is 5.32 Å². The van der Waals surface area contributed by atoms with E-state index in [1.165, 1.54) is 24.2 Å². The zero-order chi connectivity index (χ0) is 23.4. The summed E-state index contributed by atoms with van der Waals surface area (Å²) in [6.45, 7) is 5.09. The van der Waals surface area contributed by atoms with E-state index in [1.807, 2.05) is 18.2 Å². The largest absolute Gasteiger partial charge is 0.418 e. The second-order valence-electron chi connectivity index (χ2n) is 8.47. The molecule has 0 aliphatic heterocycles. The van der Waals surface area contributed by atoms with E-state index in [0.717, 1.165) is 17.9 Å². The second kappa shape index (κ2) is 9.57. The zero-order valence-electron chi connectivity index (χ0n) is 18.5. The number of anilines is 1. The number of rotatable bonds is 7. The highest BCUT2D eigenvalue weighted by Gasteiger charge is 2.34. The molecule has 170 valence electrons. The lowest BCUT2D eigenvalue weighted by atomic mass is 9.90. The highest BCUT2D eigenvalue weighted by atomic mass is 19.4. The number of fused-ring (bicyclic) bond motifs is 1. The van der Waals surface area contributed by atoms with Crippen molar-refractivity contribution >= 4 is 16.7 Å². The van der Waals surface area contributed by atoms with E-state index in [1.54, 1.807) is 18.2 Å². The van der Waals surface area contributed by atoms with E-state index in [0.29, 0.717) is 35.3 Å². The Kier molecular flexibility index (Phi) is 6.58. The molecule has 2 heterocycles. The van der Waals surface area contributed by atoms with E-state index in [2.05, 4.69) is 46.2 Å².